The Hall–Kier alpha value is -0.0800. The van der Waals surface area contributed by atoms with Gasteiger partial charge in [-0.3, -0.25) is 0 Å². The first-order valence-electron chi connectivity index (χ1n) is 3.66. The molecule has 0 aromatic carbocycles. The average molecular weight is 127 g/mol. The van der Waals surface area contributed by atoms with E-state index in [0.717, 1.165) is 19.1 Å². The fraction of sp³-hybridized carbons (Fsp3) is 1.00. The minimum Gasteiger partial charge on any atom is -0.377 e. The van der Waals surface area contributed by atoms with Gasteiger partial charge in [0.15, 0.2) is 0 Å². The van der Waals surface area contributed by atoms with E-state index in [2.05, 4.69) is 11.9 Å². The van der Waals surface area contributed by atoms with Gasteiger partial charge in [0.05, 0.1) is 6.10 Å². The van der Waals surface area contributed by atoms with E-state index in [1.165, 1.54) is 13.0 Å². The number of fused-ring (bicyclic) bond motifs is 1. The minimum absolute atomic E-state index is 0.579. The summed E-state index contributed by atoms with van der Waals surface area (Å²) in [5.41, 5.74) is 0. The van der Waals surface area contributed by atoms with Crippen LogP contribution in [-0.4, -0.2) is 37.7 Å². The van der Waals surface area contributed by atoms with E-state index in [4.69, 9.17) is 4.74 Å². The Labute approximate surface area is 55.8 Å². The number of hydrogen-bond acceptors (Lipinski definition) is 2. The summed E-state index contributed by atoms with van der Waals surface area (Å²) in [4.78, 5) is 2.36. The Morgan fingerprint density at radius 1 is 1.44 bits per heavy atom. The minimum atomic E-state index is 0.579. The lowest BCUT2D eigenvalue weighted by Crippen LogP contribution is -2.17. The van der Waals surface area contributed by atoms with Gasteiger partial charge in [-0.05, 0) is 13.5 Å². The molecule has 2 fully saturated rings. The van der Waals surface area contributed by atoms with Crippen LogP contribution in [-0.2, 0) is 4.74 Å². The highest BCUT2D eigenvalue weighted by molar-refractivity contribution is 4.86. The summed E-state index contributed by atoms with van der Waals surface area (Å²) in [6.45, 7) is 3.42. The Morgan fingerprint density at radius 2 is 2.33 bits per heavy atom. The highest BCUT2D eigenvalue weighted by Crippen LogP contribution is 2.27. The molecule has 0 N–H and O–H groups in total. The van der Waals surface area contributed by atoms with Crippen LogP contribution >= 0.6 is 0 Å². The van der Waals surface area contributed by atoms with E-state index in [1.54, 1.807) is 0 Å². The quantitative estimate of drug-likeness (QED) is 0.465. The molecule has 2 aliphatic rings. The van der Waals surface area contributed by atoms with Crippen LogP contribution in [0.2, 0.25) is 0 Å². The maximum Gasteiger partial charge on any atom is 0.0742 e. The number of rotatable bonds is 0. The summed E-state index contributed by atoms with van der Waals surface area (Å²) < 4.78 is 5.51. The van der Waals surface area contributed by atoms with Crippen molar-refractivity contribution in [1.29, 1.82) is 0 Å². The molecule has 2 heteroatoms. The molecule has 0 aromatic heterocycles. The molecule has 0 amide bonds. The molecule has 2 aliphatic heterocycles. The molecule has 2 nitrogen and oxygen atoms in total. The normalized spacial score (nSPS) is 43.7. The fourth-order valence-corrected chi connectivity index (χ4v) is 1.89. The Balaban J connectivity index is 2.02. The third-order valence-electron chi connectivity index (χ3n) is 2.38. The molecule has 0 bridgehead atoms. The molecule has 2 unspecified atom stereocenters. The van der Waals surface area contributed by atoms with Gasteiger partial charge in [-0.1, -0.05) is 0 Å². The molecule has 9 heavy (non-hydrogen) atoms. The van der Waals surface area contributed by atoms with Gasteiger partial charge in [0, 0.05) is 25.6 Å². The summed E-state index contributed by atoms with van der Waals surface area (Å²) in [5.74, 6) is 0.856. The summed E-state index contributed by atoms with van der Waals surface area (Å²) in [5, 5.41) is 0. The molecule has 2 saturated heterocycles. The first-order chi connectivity index (χ1) is 4.36. The monoisotopic (exact) mass is 127 g/mol. The SMILES string of the molecule is CN1CC2CCOC2C1. The van der Waals surface area contributed by atoms with Crippen molar-refractivity contribution in [2.24, 2.45) is 5.92 Å². The molecular formula is C7H13NO. The smallest absolute Gasteiger partial charge is 0.0742 e. The first kappa shape index (κ1) is 5.69. The molecule has 0 radical (unpaired) electrons. The van der Waals surface area contributed by atoms with Gasteiger partial charge < -0.3 is 9.64 Å². The summed E-state index contributed by atoms with van der Waals surface area (Å²) in [6.07, 6.45) is 1.87. The van der Waals surface area contributed by atoms with Crippen LogP contribution in [0.3, 0.4) is 0 Å². The van der Waals surface area contributed by atoms with E-state index in [1.807, 2.05) is 0 Å². The Morgan fingerprint density at radius 3 is 3.11 bits per heavy atom. The number of likely N-dealkylation sites (N-methyl/N-ethyl adjacent to an activating group) is 1. The van der Waals surface area contributed by atoms with E-state index in [9.17, 15) is 0 Å². The molecule has 0 aliphatic carbocycles. The van der Waals surface area contributed by atoms with Gasteiger partial charge in [0.25, 0.3) is 0 Å². The van der Waals surface area contributed by atoms with Crippen molar-refractivity contribution in [3.63, 3.8) is 0 Å². The predicted molar refractivity (Wildman–Crippen MR) is 35.3 cm³/mol. The number of likely N-dealkylation sites (tertiary alicyclic amines) is 1. The molecule has 0 saturated carbocycles. The second kappa shape index (κ2) is 1.96. The number of ether oxygens (including phenoxy) is 1. The third kappa shape index (κ3) is 0.864. The molecule has 2 atom stereocenters. The van der Waals surface area contributed by atoms with Gasteiger partial charge >= 0.3 is 0 Å². The van der Waals surface area contributed by atoms with E-state index >= 15 is 0 Å². The highest BCUT2D eigenvalue weighted by atomic mass is 16.5. The van der Waals surface area contributed by atoms with E-state index in [0.29, 0.717) is 6.10 Å². The second-order valence-corrected chi connectivity index (χ2v) is 3.18. The molecule has 2 heterocycles. The Kier molecular flexibility index (Phi) is 1.24. The summed E-state index contributed by atoms with van der Waals surface area (Å²) in [6, 6.07) is 0. The molecule has 2 rings (SSSR count). The van der Waals surface area contributed by atoms with E-state index in [-0.39, 0.29) is 0 Å². The van der Waals surface area contributed by atoms with Crippen LogP contribution in [0.5, 0.6) is 0 Å². The standard InChI is InChI=1S/C7H13NO/c1-8-4-6-2-3-9-7(6)5-8/h6-7H,2-5H2,1H3. The largest absolute Gasteiger partial charge is 0.377 e. The maximum absolute atomic E-state index is 5.51. The molecular weight excluding hydrogens is 114 g/mol. The van der Waals surface area contributed by atoms with Gasteiger partial charge in [0.1, 0.15) is 0 Å². The molecule has 0 spiro atoms. The van der Waals surface area contributed by atoms with Crippen molar-refractivity contribution in [3.8, 4) is 0 Å². The fourth-order valence-electron chi connectivity index (χ4n) is 1.89. The Bertz CT molecular complexity index is 103. The van der Waals surface area contributed by atoms with Crippen LogP contribution in [0.1, 0.15) is 6.42 Å². The van der Waals surface area contributed by atoms with Crippen LogP contribution in [0.4, 0.5) is 0 Å². The lowest BCUT2D eigenvalue weighted by Gasteiger charge is -2.07. The van der Waals surface area contributed by atoms with Gasteiger partial charge in [0.2, 0.25) is 0 Å². The van der Waals surface area contributed by atoms with Crippen LogP contribution in [0.15, 0.2) is 0 Å². The average Bonchev–Trinajstić information content (AvgIpc) is 2.22. The second-order valence-electron chi connectivity index (χ2n) is 3.18. The van der Waals surface area contributed by atoms with Gasteiger partial charge in [-0.2, -0.15) is 0 Å². The number of nitrogens with zero attached hydrogens (tertiary/aromatic N) is 1. The van der Waals surface area contributed by atoms with Gasteiger partial charge in [-0.25, -0.2) is 0 Å². The van der Waals surface area contributed by atoms with Crippen molar-refractivity contribution < 1.29 is 4.74 Å². The lowest BCUT2D eigenvalue weighted by atomic mass is 10.1. The van der Waals surface area contributed by atoms with Crippen LogP contribution in [0, 0.1) is 5.92 Å². The highest BCUT2D eigenvalue weighted by Gasteiger charge is 2.35. The van der Waals surface area contributed by atoms with Crippen molar-refractivity contribution in [3.05, 3.63) is 0 Å². The molecule has 52 valence electrons. The van der Waals surface area contributed by atoms with Crippen molar-refractivity contribution >= 4 is 0 Å². The third-order valence-corrected chi connectivity index (χ3v) is 2.38. The first-order valence-corrected chi connectivity index (χ1v) is 3.66. The zero-order chi connectivity index (χ0) is 6.27. The van der Waals surface area contributed by atoms with Gasteiger partial charge in [-0.15, -0.1) is 0 Å². The van der Waals surface area contributed by atoms with E-state index < -0.39 is 0 Å². The van der Waals surface area contributed by atoms with Crippen molar-refractivity contribution in [2.75, 3.05) is 26.7 Å². The summed E-state index contributed by atoms with van der Waals surface area (Å²) >= 11 is 0. The topological polar surface area (TPSA) is 12.5 Å². The van der Waals surface area contributed by atoms with Crippen LogP contribution in [0.25, 0.3) is 0 Å². The lowest BCUT2D eigenvalue weighted by molar-refractivity contribution is 0.103. The number of hydrogen-bond donors (Lipinski definition) is 0. The van der Waals surface area contributed by atoms with Crippen molar-refractivity contribution in [2.45, 2.75) is 12.5 Å². The van der Waals surface area contributed by atoms with Crippen molar-refractivity contribution in [1.82, 2.24) is 4.90 Å². The summed E-state index contributed by atoms with van der Waals surface area (Å²) in [7, 11) is 2.17. The zero-order valence-electron chi connectivity index (χ0n) is 5.84. The zero-order valence-corrected chi connectivity index (χ0v) is 5.84. The maximum atomic E-state index is 5.51. The molecule has 0 aromatic rings. The predicted octanol–water partition coefficient (Wildman–Crippen LogP) is 0.337. The van der Waals surface area contributed by atoms with Crippen LogP contribution < -0.4 is 0 Å².